The van der Waals surface area contributed by atoms with Gasteiger partial charge >= 0.3 is 0 Å². The number of nitrogens with zero attached hydrogens (tertiary/aromatic N) is 1. The third kappa shape index (κ3) is 3.45. The Kier molecular flexibility index (Phi) is 5.01. The molecule has 4 nitrogen and oxygen atoms in total. The van der Waals surface area contributed by atoms with Gasteiger partial charge in [0.25, 0.3) is 0 Å². The minimum Gasteiger partial charge on any atom is -0.337 e. The van der Waals surface area contributed by atoms with Crippen molar-refractivity contribution < 1.29 is 4.79 Å². The Morgan fingerprint density at radius 1 is 1.28 bits per heavy atom. The van der Waals surface area contributed by atoms with Crippen molar-refractivity contribution in [2.45, 2.75) is 39.2 Å². The second kappa shape index (κ2) is 6.53. The van der Waals surface area contributed by atoms with Gasteiger partial charge in [-0.15, -0.1) is 0 Å². The van der Waals surface area contributed by atoms with E-state index in [0.717, 1.165) is 45.1 Å². The summed E-state index contributed by atoms with van der Waals surface area (Å²) in [7, 11) is 0. The van der Waals surface area contributed by atoms with Crippen molar-refractivity contribution >= 4 is 5.91 Å². The molecule has 4 heteroatoms. The Bertz CT molecular complexity index is 276. The lowest BCUT2D eigenvalue weighted by atomic mass is 9.84. The molecule has 2 N–H and O–H groups in total. The average Bonchev–Trinajstić information content (AvgIpc) is 2.40. The van der Waals surface area contributed by atoms with Crippen LogP contribution in [0, 0.1) is 11.8 Å². The van der Waals surface area contributed by atoms with Crippen molar-refractivity contribution in [3.8, 4) is 0 Å². The zero-order valence-electron chi connectivity index (χ0n) is 11.7. The first-order chi connectivity index (χ1) is 8.68. The largest absolute Gasteiger partial charge is 0.337 e. The quantitative estimate of drug-likeness (QED) is 0.783. The molecule has 2 saturated heterocycles. The maximum absolute atomic E-state index is 12.3. The van der Waals surface area contributed by atoms with E-state index in [-0.39, 0.29) is 0 Å². The van der Waals surface area contributed by atoms with E-state index in [1.165, 1.54) is 12.8 Å². The summed E-state index contributed by atoms with van der Waals surface area (Å²) in [4.78, 5) is 14.4. The predicted octanol–water partition coefficient (Wildman–Crippen LogP) is 0.833. The summed E-state index contributed by atoms with van der Waals surface area (Å²) in [6, 6.07) is 0.353. The zero-order chi connectivity index (χ0) is 13.0. The van der Waals surface area contributed by atoms with Gasteiger partial charge in [-0.2, -0.15) is 0 Å². The number of hydrogen-bond donors (Lipinski definition) is 2. The lowest BCUT2D eigenvalue weighted by Crippen LogP contribution is -2.52. The van der Waals surface area contributed by atoms with Crippen molar-refractivity contribution in [1.82, 2.24) is 15.5 Å². The van der Waals surface area contributed by atoms with Crippen LogP contribution >= 0.6 is 0 Å². The fraction of sp³-hybridized carbons (Fsp3) is 0.929. The molecule has 2 fully saturated rings. The molecule has 2 aliphatic rings. The van der Waals surface area contributed by atoms with E-state index >= 15 is 0 Å². The van der Waals surface area contributed by atoms with Crippen LogP contribution in [0.25, 0.3) is 0 Å². The highest BCUT2D eigenvalue weighted by molar-refractivity contribution is 5.77. The first kappa shape index (κ1) is 13.8. The monoisotopic (exact) mass is 253 g/mol. The van der Waals surface area contributed by atoms with Crippen molar-refractivity contribution in [3.05, 3.63) is 0 Å². The van der Waals surface area contributed by atoms with E-state index in [2.05, 4.69) is 29.4 Å². The molecule has 0 aliphatic carbocycles. The van der Waals surface area contributed by atoms with Gasteiger partial charge in [0.1, 0.15) is 0 Å². The van der Waals surface area contributed by atoms with Gasteiger partial charge in [0.05, 0.1) is 0 Å². The van der Waals surface area contributed by atoms with E-state index < -0.39 is 0 Å². The molecule has 0 radical (unpaired) electrons. The molecular weight excluding hydrogens is 226 g/mol. The number of rotatable bonds is 3. The fourth-order valence-electron chi connectivity index (χ4n) is 3.18. The second-order valence-corrected chi connectivity index (χ2v) is 5.91. The van der Waals surface area contributed by atoms with Gasteiger partial charge < -0.3 is 15.5 Å². The van der Waals surface area contributed by atoms with Gasteiger partial charge in [-0.25, -0.2) is 0 Å². The van der Waals surface area contributed by atoms with Crippen molar-refractivity contribution in [2.24, 2.45) is 11.8 Å². The SMILES string of the molecule is CC(CC(=O)N1CCNCC1C)C1CCNCC1. The minimum absolute atomic E-state index is 0.353. The van der Waals surface area contributed by atoms with E-state index in [1.54, 1.807) is 0 Å². The minimum atomic E-state index is 0.353. The number of piperidine rings is 1. The number of carbonyl (C=O) groups excluding carboxylic acids is 1. The van der Waals surface area contributed by atoms with Gasteiger partial charge in [0.15, 0.2) is 0 Å². The van der Waals surface area contributed by atoms with Crippen LogP contribution in [-0.2, 0) is 4.79 Å². The molecule has 0 aromatic carbocycles. The highest BCUT2D eigenvalue weighted by Gasteiger charge is 2.27. The van der Waals surface area contributed by atoms with Gasteiger partial charge in [-0.3, -0.25) is 4.79 Å². The van der Waals surface area contributed by atoms with Crippen molar-refractivity contribution in [2.75, 3.05) is 32.7 Å². The summed E-state index contributed by atoms with van der Waals surface area (Å²) in [5.41, 5.74) is 0. The molecule has 2 unspecified atom stereocenters. The standard InChI is InChI=1S/C14H27N3O/c1-11(13-3-5-15-6-4-13)9-14(18)17-8-7-16-10-12(17)2/h11-13,15-16H,3-10H2,1-2H3. The summed E-state index contributed by atoms with van der Waals surface area (Å²) in [5.74, 6) is 1.62. The van der Waals surface area contributed by atoms with Crippen LogP contribution in [-0.4, -0.2) is 49.6 Å². The first-order valence-electron chi connectivity index (χ1n) is 7.39. The summed E-state index contributed by atoms with van der Waals surface area (Å²) in [6.07, 6.45) is 3.19. The molecule has 18 heavy (non-hydrogen) atoms. The van der Waals surface area contributed by atoms with Crippen LogP contribution in [0.3, 0.4) is 0 Å². The molecule has 2 aliphatic heterocycles. The van der Waals surface area contributed by atoms with E-state index in [4.69, 9.17) is 0 Å². The molecule has 104 valence electrons. The molecule has 2 heterocycles. The number of nitrogens with one attached hydrogen (secondary N) is 2. The van der Waals surface area contributed by atoms with E-state index in [0.29, 0.717) is 17.9 Å². The number of amides is 1. The topological polar surface area (TPSA) is 44.4 Å². The third-order valence-electron chi connectivity index (χ3n) is 4.51. The normalized spacial score (nSPS) is 28.1. The highest BCUT2D eigenvalue weighted by atomic mass is 16.2. The molecule has 0 saturated carbocycles. The van der Waals surface area contributed by atoms with E-state index in [9.17, 15) is 4.79 Å². The Balaban J connectivity index is 1.81. The Labute approximate surface area is 110 Å². The number of hydrogen-bond acceptors (Lipinski definition) is 3. The summed E-state index contributed by atoms with van der Waals surface area (Å²) >= 11 is 0. The summed E-state index contributed by atoms with van der Waals surface area (Å²) in [6.45, 7) is 9.38. The van der Waals surface area contributed by atoms with Gasteiger partial charge in [-0.05, 0) is 44.7 Å². The summed E-state index contributed by atoms with van der Waals surface area (Å²) < 4.78 is 0. The lowest BCUT2D eigenvalue weighted by Gasteiger charge is -2.36. The van der Waals surface area contributed by atoms with Gasteiger partial charge in [-0.1, -0.05) is 6.92 Å². The Morgan fingerprint density at radius 2 is 2.00 bits per heavy atom. The maximum Gasteiger partial charge on any atom is 0.223 e. The number of carbonyl (C=O) groups is 1. The van der Waals surface area contributed by atoms with Crippen LogP contribution in [0.4, 0.5) is 0 Å². The highest BCUT2D eigenvalue weighted by Crippen LogP contribution is 2.25. The maximum atomic E-state index is 12.3. The summed E-state index contributed by atoms with van der Waals surface area (Å²) in [5, 5.41) is 6.72. The average molecular weight is 253 g/mol. The third-order valence-corrected chi connectivity index (χ3v) is 4.51. The van der Waals surface area contributed by atoms with Crippen LogP contribution in [0.15, 0.2) is 0 Å². The van der Waals surface area contributed by atoms with Crippen LogP contribution in [0.2, 0.25) is 0 Å². The Morgan fingerprint density at radius 3 is 2.67 bits per heavy atom. The molecule has 0 aromatic rings. The van der Waals surface area contributed by atoms with Crippen LogP contribution in [0.1, 0.15) is 33.1 Å². The fourth-order valence-corrected chi connectivity index (χ4v) is 3.18. The molecular formula is C14H27N3O. The zero-order valence-corrected chi connectivity index (χ0v) is 11.7. The number of piperazine rings is 1. The molecule has 0 aromatic heterocycles. The predicted molar refractivity (Wildman–Crippen MR) is 73.4 cm³/mol. The van der Waals surface area contributed by atoms with Crippen LogP contribution < -0.4 is 10.6 Å². The van der Waals surface area contributed by atoms with Crippen molar-refractivity contribution in [1.29, 1.82) is 0 Å². The lowest BCUT2D eigenvalue weighted by molar-refractivity contribution is -0.135. The molecule has 2 atom stereocenters. The van der Waals surface area contributed by atoms with E-state index in [1.807, 2.05) is 0 Å². The van der Waals surface area contributed by atoms with Crippen molar-refractivity contribution in [3.63, 3.8) is 0 Å². The molecule has 1 amide bonds. The second-order valence-electron chi connectivity index (χ2n) is 5.91. The van der Waals surface area contributed by atoms with Gasteiger partial charge in [0.2, 0.25) is 5.91 Å². The smallest absolute Gasteiger partial charge is 0.223 e. The van der Waals surface area contributed by atoms with Crippen LogP contribution in [0.5, 0.6) is 0 Å². The first-order valence-corrected chi connectivity index (χ1v) is 7.39. The Hall–Kier alpha value is -0.610. The molecule has 2 rings (SSSR count). The molecule has 0 spiro atoms. The van der Waals surface area contributed by atoms with Gasteiger partial charge in [0, 0.05) is 32.1 Å². The molecule has 0 bridgehead atoms.